The number of aryl methyl sites for hydroxylation is 1. The van der Waals surface area contributed by atoms with Crippen molar-refractivity contribution in [3.8, 4) is 0 Å². The van der Waals surface area contributed by atoms with Crippen molar-refractivity contribution in [2.75, 3.05) is 26.2 Å². The monoisotopic (exact) mass is 306 g/mol. The Bertz CT molecular complexity index is 472. The fourth-order valence-corrected chi connectivity index (χ4v) is 2.92. The maximum absolute atomic E-state index is 12.3. The van der Waals surface area contributed by atoms with E-state index < -0.39 is 0 Å². The zero-order chi connectivity index (χ0) is 15.9. The quantitative estimate of drug-likeness (QED) is 0.810. The molecule has 5 nitrogen and oxygen atoms in total. The molecule has 2 amide bonds. The van der Waals surface area contributed by atoms with Crippen molar-refractivity contribution in [1.29, 1.82) is 0 Å². The third-order valence-electron chi connectivity index (χ3n) is 4.44. The predicted octanol–water partition coefficient (Wildman–Crippen LogP) is 2.32. The Balaban J connectivity index is 1.76. The first-order chi connectivity index (χ1) is 10.7. The molecule has 2 rings (SSSR count). The molecule has 0 bridgehead atoms. The lowest BCUT2D eigenvalue weighted by molar-refractivity contribution is -0.142. The van der Waals surface area contributed by atoms with Gasteiger partial charge in [-0.25, -0.2) is 0 Å². The standard InChI is InChI=1S/C17H26N2O3/c1-3-14(4-2)17(21)19-11-9-18(10-12-19)16(20)8-7-15-6-5-13-22-15/h5-6,13-14H,3-4,7-12H2,1-2H3. The summed E-state index contributed by atoms with van der Waals surface area (Å²) < 4.78 is 5.25. The van der Waals surface area contributed by atoms with E-state index in [9.17, 15) is 9.59 Å². The number of amides is 2. The maximum atomic E-state index is 12.3. The first-order valence-corrected chi connectivity index (χ1v) is 8.24. The topological polar surface area (TPSA) is 53.8 Å². The summed E-state index contributed by atoms with van der Waals surface area (Å²) >= 11 is 0. The largest absolute Gasteiger partial charge is 0.469 e. The van der Waals surface area contributed by atoms with Gasteiger partial charge >= 0.3 is 0 Å². The lowest BCUT2D eigenvalue weighted by atomic mass is 10.0. The summed E-state index contributed by atoms with van der Waals surface area (Å²) in [5, 5.41) is 0. The minimum atomic E-state index is 0.126. The second-order valence-electron chi connectivity index (χ2n) is 5.80. The lowest BCUT2D eigenvalue weighted by Gasteiger charge is -2.36. The van der Waals surface area contributed by atoms with Gasteiger partial charge in [-0.2, -0.15) is 0 Å². The highest BCUT2D eigenvalue weighted by Gasteiger charge is 2.27. The molecule has 0 radical (unpaired) electrons. The van der Waals surface area contributed by atoms with Crippen LogP contribution < -0.4 is 0 Å². The van der Waals surface area contributed by atoms with Gasteiger partial charge in [0.25, 0.3) is 0 Å². The van der Waals surface area contributed by atoms with Crippen molar-refractivity contribution in [3.05, 3.63) is 24.2 Å². The van der Waals surface area contributed by atoms with Gasteiger partial charge in [0, 0.05) is 44.9 Å². The summed E-state index contributed by atoms with van der Waals surface area (Å²) in [7, 11) is 0. The van der Waals surface area contributed by atoms with Crippen molar-refractivity contribution in [2.24, 2.45) is 5.92 Å². The smallest absolute Gasteiger partial charge is 0.225 e. The van der Waals surface area contributed by atoms with Gasteiger partial charge in [0.15, 0.2) is 0 Å². The maximum Gasteiger partial charge on any atom is 0.225 e. The van der Waals surface area contributed by atoms with Crippen LogP contribution in [0.5, 0.6) is 0 Å². The minimum Gasteiger partial charge on any atom is -0.469 e. The van der Waals surface area contributed by atoms with Gasteiger partial charge in [-0.1, -0.05) is 13.8 Å². The van der Waals surface area contributed by atoms with Crippen LogP contribution in [0, 0.1) is 5.92 Å². The van der Waals surface area contributed by atoms with Crippen LogP contribution in [-0.2, 0) is 16.0 Å². The van der Waals surface area contributed by atoms with Crippen LogP contribution in [-0.4, -0.2) is 47.8 Å². The molecule has 0 saturated carbocycles. The Hall–Kier alpha value is -1.78. The first-order valence-electron chi connectivity index (χ1n) is 8.24. The van der Waals surface area contributed by atoms with Crippen molar-refractivity contribution >= 4 is 11.8 Å². The number of hydrogen-bond donors (Lipinski definition) is 0. The fourth-order valence-electron chi connectivity index (χ4n) is 2.92. The molecule has 1 saturated heterocycles. The van der Waals surface area contributed by atoms with Gasteiger partial charge in [-0.05, 0) is 25.0 Å². The van der Waals surface area contributed by atoms with Gasteiger partial charge in [0.1, 0.15) is 5.76 Å². The third kappa shape index (κ3) is 4.12. The number of piperazine rings is 1. The molecule has 0 aromatic carbocycles. The molecule has 1 aromatic heterocycles. The molecule has 0 atom stereocenters. The van der Waals surface area contributed by atoms with E-state index in [1.54, 1.807) is 6.26 Å². The molecule has 0 spiro atoms. The van der Waals surface area contributed by atoms with Gasteiger partial charge in [0.2, 0.25) is 11.8 Å². The molecule has 1 aliphatic rings. The Morgan fingerprint density at radius 1 is 1.14 bits per heavy atom. The normalized spacial score (nSPS) is 15.4. The van der Waals surface area contributed by atoms with E-state index >= 15 is 0 Å². The average molecular weight is 306 g/mol. The van der Waals surface area contributed by atoms with Crippen molar-refractivity contribution in [2.45, 2.75) is 39.5 Å². The van der Waals surface area contributed by atoms with E-state index in [1.165, 1.54) is 0 Å². The Morgan fingerprint density at radius 2 is 1.77 bits per heavy atom. The van der Waals surface area contributed by atoms with Crippen LogP contribution in [0.2, 0.25) is 0 Å². The van der Waals surface area contributed by atoms with Gasteiger partial charge in [0.05, 0.1) is 6.26 Å². The number of carbonyl (C=O) groups excluding carboxylic acids is 2. The molecule has 1 aliphatic heterocycles. The van der Waals surface area contributed by atoms with Gasteiger partial charge in [-0.15, -0.1) is 0 Å². The summed E-state index contributed by atoms with van der Waals surface area (Å²) in [6, 6.07) is 3.72. The zero-order valence-electron chi connectivity index (χ0n) is 13.6. The summed E-state index contributed by atoms with van der Waals surface area (Å²) in [4.78, 5) is 28.3. The fraction of sp³-hybridized carbons (Fsp3) is 0.647. The molecule has 0 unspecified atom stereocenters. The highest BCUT2D eigenvalue weighted by atomic mass is 16.3. The minimum absolute atomic E-state index is 0.126. The number of nitrogens with zero attached hydrogens (tertiary/aromatic N) is 2. The molecule has 122 valence electrons. The summed E-state index contributed by atoms with van der Waals surface area (Å²) in [5.74, 6) is 1.36. The van der Waals surface area contributed by atoms with Crippen LogP contribution in [0.4, 0.5) is 0 Å². The number of hydrogen-bond acceptors (Lipinski definition) is 3. The van der Waals surface area contributed by atoms with Crippen LogP contribution >= 0.6 is 0 Å². The Morgan fingerprint density at radius 3 is 2.32 bits per heavy atom. The van der Waals surface area contributed by atoms with Crippen LogP contribution in [0.1, 0.15) is 38.9 Å². The van der Waals surface area contributed by atoms with Crippen molar-refractivity contribution < 1.29 is 14.0 Å². The zero-order valence-corrected chi connectivity index (χ0v) is 13.6. The number of carbonyl (C=O) groups is 2. The number of furan rings is 1. The van der Waals surface area contributed by atoms with E-state index in [0.29, 0.717) is 39.0 Å². The van der Waals surface area contributed by atoms with Crippen LogP contribution in [0.15, 0.2) is 22.8 Å². The van der Waals surface area contributed by atoms with E-state index in [4.69, 9.17) is 4.42 Å². The van der Waals surface area contributed by atoms with Crippen molar-refractivity contribution in [3.63, 3.8) is 0 Å². The lowest BCUT2D eigenvalue weighted by Crippen LogP contribution is -2.51. The SMILES string of the molecule is CCC(CC)C(=O)N1CCN(C(=O)CCc2ccco2)CC1. The average Bonchev–Trinajstić information content (AvgIpc) is 3.07. The Labute approximate surface area is 132 Å². The summed E-state index contributed by atoms with van der Waals surface area (Å²) in [6.07, 6.45) is 4.50. The van der Waals surface area contributed by atoms with Crippen LogP contribution in [0.25, 0.3) is 0 Å². The number of rotatable bonds is 6. The molecular weight excluding hydrogens is 280 g/mol. The second kappa shape index (κ2) is 8.01. The molecular formula is C17H26N2O3. The molecule has 2 heterocycles. The molecule has 5 heteroatoms. The first kappa shape index (κ1) is 16.6. The van der Waals surface area contributed by atoms with Crippen LogP contribution in [0.3, 0.4) is 0 Å². The predicted molar refractivity (Wildman–Crippen MR) is 84.3 cm³/mol. The van der Waals surface area contributed by atoms with Gasteiger partial charge in [-0.3, -0.25) is 9.59 Å². The van der Waals surface area contributed by atoms with E-state index in [1.807, 2.05) is 21.9 Å². The summed E-state index contributed by atoms with van der Waals surface area (Å²) in [5.41, 5.74) is 0. The summed E-state index contributed by atoms with van der Waals surface area (Å²) in [6.45, 7) is 6.70. The van der Waals surface area contributed by atoms with E-state index in [-0.39, 0.29) is 17.7 Å². The van der Waals surface area contributed by atoms with E-state index in [2.05, 4.69) is 13.8 Å². The molecule has 1 aromatic rings. The van der Waals surface area contributed by atoms with E-state index in [0.717, 1.165) is 18.6 Å². The third-order valence-corrected chi connectivity index (χ3v) is 4.44. The molecule has 0 N–H and O–H groups in total. The highest BCUT2D eigenvalue weighted by Crippen LogP contribution is 2.15. The molecule has 1 fully saturated rings. The molecule has 22 heavy (non-hydrogen) atoms. The Kier molecular flexibility index (Phi) is 6.04. The van der Waals surface area contributed by atoms with Crippen molar-refractivity contribution in [1.82, 2.24) is 9.80 Å². The second-order valence-corrected chi connectivity index (χ2v) is 5.80. The molecule has 0 aliphatic carbocycles. The highest BCUT2D eigenvalue weighted by molar-refractivity contribution is 5.80. The van der Waals surface area contributed by atoms with Gasteiger partial charge < -0.3 is 14.2 Å².